The van der Waals surface area contributed by atoms with E-state index >= 15 is 0 Å². The second-order valence-electron chi connectivity index (χ2n) is 15.6. The zero-order chi connectivity index (χ0) is 33.1. The number of rotatable bonds is 6. The van der Waals surface area contributed by atoms with Crippen LogP contribution >= 0.6 is 0 Å². The van der Waals surface area contributed by atoms with Crippen LogP contribution in [0.5, 0.6) is 0 Å². The molecule has 1 aliphatic heterocycles. The summed E-state index contributed by atoms with van der Waals surface area (Å²) in [5.41, 5.74) is -16.0. The minimum absolute atomic E-state index is 0.223. The zero-order valence-electron chi connectivity index (χ0n) is 27.0. The number of carbonyl (C=O) groups is 4. The summed E-state index contributed by atoms with van der Waals surface area (Å²) in [4.78, 5) is 60.9. The number of hydrogen-bond acceptors (Lipinski definition) is 10. The maximum atomic E-state index is 14.4. The van der Waals surface area contributed by atoms with Gasteiger partial charge in [-0.3, -0.25) is 24.2 Å². The average Bonchev–Trinajstić information content (AvgIpc) is 2.85. The smallest absolute Gasteiger partial charge is 0.209 e. The van der Waals surface area contributed by atoms with Gasteiger partial charge in [0, 0.05) is 33.8 Å². The summed E-state index contributed by atoms with van der Waals surface area (Å²) in [5.74, 6) is -4.52. The summed E-state index contributed by atoms with van der Waals surface area (Å²) >= 11 is 0. The van der Waals surface area contributed by atoms with Gasteiger partial charge in [-0.05, 0) is 6.08 Å². The molecule has 1 heterocycles. The van der Waals surface area contributed by atoms with Gasteiger partial charge in [0.2, 0.25) is 11.2 Å². The van der Waals surface area contributed by atoms with Crippen molar-refractivity contribution in [1.82, 2.24) is 0 Å². The van der Waals surface area contributed by atoms with E-state index in [-0.39, 0.29) is 12.1 Å². The average molecular weight is 592 g/mol. The van der Waals surface area contributed by atoms with Gasteiger partial charge in [0.1, 0.15) is 12.2 Å². The number of aliphatic imine (C=N–C) groups is 1. The molecule has 0 saturated carbocycles. The molecule has 0 amide bonds. The molecule has 4 N–H and O–H groups in total. The Morgan fingerprint density at radius 3 is 1.60 bits per heavy atom. The first-order valence-corrected chi connectivity index (χ1v) is 14.2. The molecule has 0 aromatic heterocycles. The first kappa shape index (κ1) is 35.8. The molecule has 6 atom stereocenters. The normalized spacial score (nSPS) is 32.5. The van der Waals surface area contributed by atoms with Gasteiger partial charge in [0.15, 0.2) is 35.0 Å². The molecule has 1 fully saturated rings. The van der Waals surface area contributed by atoms with Crippen molar-refractivity contribution >= 4 is 28.8 Å². The number of allylic oxidation sites excluding steroid dienone is 4. The third kappa shape index (κ3) is 5.76. The van der Waals surface area contributed by atoms with Crippen LogP contribution in [-0.2, 0) is 23.9 Å². The molecule has 2 rings (SSSR count). The minimum Gasteiger partial charge on any atom is -0.382 e. The van der Waals surface area contributed by atoms with Gasteiger partial charge in [-0.15, -0.1) is 0 Å². The number of ether oxygens (including phenoxy) is 1. The Labute approximate surface area is 248 Å². The molecule has 0 spiro atoms. The fraction of sp³-hybridized carbons (Fsp3) is 0.719. The summed E-state index contributed by atoms with van der Waals surface area (Å²) in [7, 11) is 0. The second kappa shape index (κ2) is 11.0. The number of hydrogen-bond donors (Lipinski definition) is 4. The van der Waals surface area contributed by atoms with Crippen molar-refractivity contribution in [2.45, 2.75) is 125 Å². The van der Waals surface area contributed by atoms with Crippen LogP contribution in [-0.4, -0.2) is 84.5 Å². The minimum atomic E-state index is -3.64. The van der Waals surface area contributed by atoms with Crippen molar-refractivity contribution < 1.29 is 44.3 Å². The first-order valence-electron chi connectivity index (χ1n) is 14.2. The van der Waals surface area contributed by atoms with E-state index in [1.165, 1.54) is 83.1 Å². The monoisotopic (exact) mass is 591 g/mol. The Bertz CT molecular complexity index is 1220. The molecule has 0 aromatic carbocycles. The van der Waals surface area contributed by atoms with E-state index in [2.05, 4.69) is 4.99 Å². The van der Waals surface area contributed by atoms with E-state index in [1.807, 2.05) is 0 Å². The van der Waals surface area contributed by atoms with Gasteiger partial charge in [0.25, 0.3) is 0 Å². The molecule has 1 saturated heterocycles. The van der Waals surface area contributed by atoms with E-state index in [0.29, 0.717) is 0 Å². The highest BCUT2D eigenvalue weighted by Crippen LogP contribution is 2.54. The van der Waals surface area contributed by atoms with E-state index in [1.54, 1.807) is 24.3 Å². The van der Waals surface area contributed by atoms with Crippen molar-refractivity contribution in [3.05, 3.63) is 24.3 Å². The van der Waals surface area contributed by atoms with E-state index < -0.39 is 80.0 Å². The highest BCUT2D eigenvalue weighted by Gasteiger charge is 2.83. The van der Waals surface area contributed by atoms with Gasteiger partial charge in [-0.1, -0.05) is 101 Å². The van der Waals surface area contributed by atoms with E-state index in [0.717, 1.165) is 0 Å². The van der Waals surface area contributed by atoms with Gasteiger partial charge in [0.05, 0.1) is 0 Å². The van der Waals surface area contributed by atoms with E-state index in [9.17, 15) is 39.6 Å². The summed E-state index contributed by atoms with van der Waals surface area (Å²) in [6.45, 7) is 17.1. The van der Waals surface area contributed by atoms with Crippen LogP contribution in [0.3, 0.4) is 0 Å². The number of Topliss-reactive ketones (excluding diaryl/α,β-unsaturated/α-hetero) is 4. The standard InChI is InChI=1S/C32H49NO9/c1-26(2,3)20(35)19(34)21-30(39,22(36)27(4,5)6)32(41,24(38)29(10,11)12)31(40,23(37)28(7,8)9)25(42-21)33-18-16-14-13-15-17-18/h13-16,19,21,25,34,39-41H,17H2,1-12H3/t19?,21-,25?,30+,31+,32+/m1/s1. The molecule has 236 valence electrons. The molecule has 0 radical (unpaired) electrons. The van der Waals surface area contributed by atoms with Crippen molar-refractivity contribution in [1.29, 1.82) is 0 Å². The Kier molecular flexibility index (Phi) is 9.35. The predicted molar refractivity (Wildman–Crippen MR) is 158 cm³/mol. The lowest BCUT2D eigenvalue weighted by molar-refractivity contribution is -0.332. The molecule has 0 bridgehead atoms. The largest absolute Gasteiger partial charge is 0.382 e. The molecule has 2 aliphatic rings. The van der Waals surface area contributed by atoms with Gasteiger partial charge in [-0.25, -0.2) is 0 Å². The topological polar surface area (TPSA) is 171 Å². The highest BCUT2D eigenvalue weighted by molar-refractivity contribution is 6.11. The SMILES string of the molecule is CC(C)(C)C(=O)C(O)[C@H]1OC(N=C2C=CC=CC2)[C@@](O)(C(=O)C(C)(C)C)[C@](O)(C(=O)C(C)(C)C)[C@@]1(O)C(=O)C(C)(C)C. The zero-order valence-corrected chi connectivity index (χ0v) is 27.0. The first-order chi connectivity index (χ1) is 18.6. The molecular weight excluding hydrogens is 542 g/mol. The van der Waals surface area contributed by atoms with Crippen LogP contribution in [0.15, 0.2) is 29.3 Å². The maximum absolute atomic E-state index is 14.4. The number of aliphatic hydroxyl groups is 4. The van der Waals surface area contributed by atoms with Gasteiger partial charge >= 0.3 is 0 Å². The van der Waals surface area contributed by atoms with E-state index in [4.69, 9.17) is 4.74 Å². The highest BCUT2D eigenvalue weighted by atomic mass is 16.6. The quantitative estimate of drug-likeness (QED) is 0.362. The van der Waals surface area contributed by atoms with Crippen LogP contribution in [0.2, 0.25) is 0 Å². The summed E-state index contributed by atoms with van der Waals surface area (Å²) < 4.78 is 6.02. The molecule has 2 unspecified atom stereocenters. The second-order valence-corrected chi connectivity index (χ2v) is 15.6. The Morgan fingerprint density at radius 2 is 1.21 bits per heavy atom. The van der Waals surface area contributed by atoms with Crippen LogP contribution in [0.4, 0.5) is 0 Å². The number of aliphatic hydroxyl groups excluding tert-OH is 1. The summed E-state index contributed by atoms with van der Waals surface area (Å²) in [6, 6.07) is 0. The summed E-state index contributed by atoms with van der Waals surface area (Å²) in [6.07, 6.45) is 0.181. The van der Waals surface area contributed by atoms with Crippen LogP contribution in [0, 0.1) is 21.7 Å². The van der Waals surface area contributed by atoms with Crippen molar-refractivity contribution in [3.63, 3.8) is 0 Å². The van der Waals surface area contributed by atoms with Crippen LogP contribution < -0.4 is 0 Å². The van der Waals surface area contributed by atoms with Crippen molar-refractivity contribution in [3.8, 4) is 0 Å². The number of nitrogens with zero attached hydrogens (tertiary/aromatic N) is 1. The lowest BCUT2D eigenvalue weighted by Crippen LogP contribution is -2.89. The third-order valence-corrected chi connectivity index (χ3v) is 7.65. The Balaban J connectivity index is 3.23. The number of carbonyl (C=O) groups excluding carboxylic acids is 4. The van der Waals surface area contributed by atoms with Crippen LogP contribution in [0.25, 0.3) is 0 Å². The lowest BCUT2D eigenvalue weighted by atomic mass is 9.52. The molecule has 42 heavy (non-hydrogen) atoms. The van der Waals surface area contributed by atoms with Crippen molar-refractivity contribution in [2.24, 2.45) is 26.7 Å². The fourth-order valence-corrected chi connectivity index (χ4v) is 5.37. The molecule has 10 heteroatoms. The van der Waals surface area contributed by atoms with Gasteiger partial charge in [-0.2, -0.15) is 0 Å². The van der Waals surface area contributed by atoms with Crippen LogP contribution in [0.1, 0.15) is 89.5 Å². The maximum Gasteiger partial charge on any atom is 0.209 e. The van der Waals surface area contributed by atoms with Gasteiger partial charge < -0.3 is 25.2 Å². The lowest BCUT2D eigenvalue weighted by Gasteiger charge is -2.61. The molecule has 0 aromatic rings. The Morgan fingerprint density at radius 1 is 0.762 bits per heavy atom. The molecular formula is C32H49NO9. The number of ketones is 4. The molecule has 1 aliphatic carbocycles. The fourth-order valence-electron chi connectivity index (χ4n) is 5.37. The summed E-state index contributed by atoms with van der Waals surface area (Å²) in [5, 5.41) is 49.5. The molecule has 10 nitrogen and oxygen atoms in total. The van der Waals surface area contributed by atoms with Crippen molar-refractivity contribution in [2.75, 3.05) is 0 Å². The third-order valence-electron chi connectivity index (χ3n) is 7.65. The Hall–Kier alpha value is -2.37. The predicted octanol–water partition coefficient (Wildman–Crippen LogP) is 2.68.